The van der Waals surface area contributed by atoms with Gasteiger partial charge in [0.2, 0.25) is 0 Å². The van der Waals surface area contributed by atoms with Gasteiger partial charge in [-0.25, -0.2) is 4.57 Å². The van der Waals surface area contributed by atoms with Crippen LogP contribution < -0.4 is 0 Å². The molecule has 2 unspecified atom stereocenters. The number of phosphoric ester groups is 1. The van der Waals surface area contributed by atoms with E-state index in [1.807, 2.05) is 21.1 Å². The molecule has 0 aliphatic heterocycles. The normalized spacial score (nSPS) is 13.6. The van der Waals surface area contributed by atoms with Crippen LogP contribution >= 0.6 is 7.82 Å². The highest BCUT2D eigenvalue weighted by Crippen LogP contribution is 2.43. The third-order valence-corrected chi connectivity index (χ3v) is 12.4. The monoisotopic (exact) mass is 899 g/mol. The van der Waals surface area contributed by atoms with E-state index in [2.05, 4.69) is 38.2 Å². The fourth-order valence-electron chi connectivity index (χ4n) is 7.36. The van der Waals surface area contributed by atoms with Gasteiger partial charge in [-0.3, -0.25) is 18.6 Å². The smallest absolute Gasteiger partial charge is 0.462 e. The molecule has 1 N–H and O–H groups in total. The maximum atomic E-state index is 12.8. The molecule has 0 aromatic heterocycles. The van der Waals surface area contributed by atoms with E-state index in [0.717, 1.165) is 51.4 Å². The molecule has 0 amide bonds. The predicted octanol–water partition coefficient (Wildman–Crippen LogP) is 15.5. The molecule has 62 heavy (non-hydrogen) atoms. The summed E-state index contributed by atoms with van der Waals surface area (Å²) in [5, 5.41) is 0. The number of carbonyl (C=O) groups is 2. The summed E-state index contributed by atoms with van der Waals surface area (Å²) in [7, 11) is 1.48. The molecule has 0 radical (unpaired) electrons. The summed E-state index contributed by atoms with van der Waals surface area (Å²) < 4.78 is 34.4. The van der Waals surface area contributed by atoms with E-state index in [9.17, 15) is 19.0 Å². The average Bonchev–Trinajstić information content (AvgIpc) is 3.23. The van der Waals surface area contributed by atoms with E-state index in [-0.39, 0.29) is 32.0 Å². The molecule has 0 fully saturated rings. The average molecular weight is 899 g/mol. The first-order valence-corrected chi connectivity index (χ1v) is 27.6. The summed E-state index contributed by atoms with van der Waals surface area (Å²) in [6.07, 6.45) is 50.9. The van der Waals surface area contributed by atoms with Crippen LogP contribution in [0.1, 0.15) is 245 Å². The zero-order chi connectivity index (χ0) is 45.7. The summed E-state index contributed by atoms with van der Waals surface area (Å²) in [5.74, 6) is -0.799. The number of carbonyl (C=O) groups excluding carboxylic acids is 2. The molecule has 9 nitrogen and oxygen atoms in total. The Balaban J connectivity index is 4.21. The predicted molar refractivity (Wildman–Crippen MR) is 261 cm³/mol. The van der Waals surface area contributed by atoms with E-state index in [1.54, 1.807) is 0 Å². The van der Waals surface area contributed by atoms with Crippen molar-refractivity contribution in [2.75, 3.05) is 47.5 Å². The molecule has 10 heteroatoms. The zero-order valence-electron chi connectivity index (χ0n) is 41.4. The molecule has 0 aromatic carbocycles. The number of hydrogen-bond donors (Lipinski definition) is 1. The number of phosphoric acid groups is 1. The van der Waals surface area contributed by atoms with Gasteiger partial charge >= 0.3 is 19.8 Å². The maximum absolute atomic E-state index is 12.8. The van der Waals surface area contributed by atoms with Crippen LogP contribution in [-0.2, 0) is 32.7 Å². The molecular formula is C52H101NO8P+. The van der Waals surface area contributed by atoms with Crippen LogP contribution in [0.15, 0.2) is 24.3 Å². The summed E-state index contributed by atoms with van der Waals surface area (Å²) in [5.41, 5.74) is 0. The van der Waals surface area contributed by atoms with Gasteiger partial charge < -0.3 is 18.9 Å². The number of unbranched alkanes of at least 4 members (excludes halogenated alkanes) is 30. The second-order valence-electron chi connectivity index (χ2n) is 18.9. The Kier molecular flexibility index (Phi) is 43.6. The van der Waals surface area contributed by atoms with Gasteiger partial charge in [0.1, 0.15) is 19.8 Å². The number of ether oxygens (including phenoxy) is 2. The van der Waals surface area contributed by atoms with Gasteiger partial charge in [0.05, 0.1) is 27.7 Å². The Bertz CT molecular complexity index is 1110. The van der Waals surface area contributed by atoms with Crippen molar-refractivity contribution in [2.45, 2.75) is 251 Å². The lowest BCUT2D eigenvalue weighted by molar-refractivity contribution is -0.870. The van der Waals surface area contributed by atoms with E-state index in [1.165, 1.54) is 161 Å². The van der Waals surface area contributed by atoms with E-state index < -0.39 is 26.5 Å². The Morgan fingerprint density at radius 1 is 0.484 bits per heavy atom. The van der Waals surface area contributed by atoms with Gasteiger partial charge in [-0.05, 0) is 64.2 Å². The molecule has 0 spiro atoms. The van der Waals surface area contributed by atoms with Gasteiger partial charge in [-0.1, -0.05) is 192 Å². The second kappa shape index (κ2) is 44.7. The van der Waals surface area contributed by atoms with Crippen molar-refractivity contribution in [3.05, 3.63) is 24.3 Å². The third kappa shape index (κ3) is 48.0. The van der Waals surface area contributed by atoms with Gasteiger partial charge in [0, 0.05) is 12.8 Å². The number of esters is 2. The minimum atomic E-state index is -4.38. The van der Waals surface area contributed by atoms with E-state index in [4.69, 9.17) is 18.5 Å². The summed E-state index contributed by atoms with van der Waals surface area (Å²) >= 11 is 0. The van der Waals surface area contributed by atoms with Crippen LogP contribution in [0.2, 0.25) is 0 Å². The Hall–Kier alpha value is -1.51. The zero-order valence-corrected chi connectivity index (χ0v) is 42.3. The lowest BCUT2D eigenvalue weighted by atomic mass is 10.0. The van der Waals surface area contributed by atoms with Gasteiger partial charge in [-0.15, -0.1) is 0 Å². The standard InChI is InChI=1S/C52H100NO8P/c1-6-8-10-12-14-16-18-20-22-23-24-25-26-27-28-29-31-33-35-37-39-41-43-45-52(55)61-50(49-60-62(56,57)59-47-46-53(3,4)5)48-58-51(54)44-42-40-38-36-34-32-30-21-19-17-15-13-11-9-7-2/h21,23-24,30,50H,6-20,22,25-29,31-49H2,1-5H3/p+1/b24-23-,30-21-. The molecule has 366 valence electrons. The highest BCUT2D eigenvalue weighted by molar-refractivity contribution is 7.47. The number of nitrogens with zero attached hydrogens (tertiary/aromatic N) is 1. The molecule has 0 saturated carbocycles. The van der Waals surface area contributed by atoms with E-state index in [0.29, 0.717) is 17.4 Å². The number of quaternary nitrogens is 1. The first-order chi connectivity index (χ1) is 30.0. The minimum Gasteiger partial charge on any atom is -0.462 e. The maximum Gasteiger partial charge on any atom is 0.472 e. The Morgan fingerprint density at radius 3 is 1.19 bits per heavy atom. The molecule has 0 bridgehead atoms. The SMILES string of the molecule is CCCCCCCC/C=C\CCCCCCCC(=O)OCC(COP(=O)(O)OCC[N+](C)(C)C)OC(=O)CCCCCCCCCCCCC/C=C\CCCCCCCCCC. The van der Waals surface area contributed by atoms with Crippen LogP contribution in [0.5, 0.6) is 0 Å². The topological polar surface area (TPSA) is 108 Å². The Morgan fingerprint density at radius 2 is 0.823 bits per heavy atom. The number of allylic oxidation sites excluding steroid dienone is 4. The largest absolute Gasteiger partial charge is 0.472 e. The highest BCUT2D eigenvalue weighted by Gasteiger charge is 2.27. The third-order valence-electron chi connectivity index (χ3n) is 11.5. The summed E-state index contributed by atoms with van der Waals surface area (Å²) in [6, 6.07) is 0. The van der Waals surface area contributed by atoms with Crippen LogP contribution in [0.3, 0.4) is 0 Å². The van der Waals surface area contributed by atoms with Crippen molar-refractivity contribution in [1.29, 1.82) is 0 Å². The lowest BCUT2D eigenvalue weighted by Crippen LogP contribution is -2.37. The lowest BCUT2D eigenvalue weighted by Gasteiger charge is -2.24. The van der Waals surface area contributed by atoms with Gasteiger partial charge in [-0.2, -0.15) is 0 Å². The van der Waals surface area contributed by atoms with Crippen LogP contribution in [0.25, 0.3) is 0 Å². The van der Waals surface area contributed by atoms with Crippen LogP contribution in [0.4, 0.5) is 0 Å². The van der Waals surface area contributed by atoms with Crippen molar-refractivity contribution in [1.82, 2.24) is 0 Å². The van der Waals surface area contributed by atoms with Crippen molar-refractivity contribution in [2.24, 2.45) is 0 Å². The molecular weight excluding hydrogens is 798 g/mol. The van der Waals surface area contributed by atoms with Crippen molar-refractivity contribution >= 4 is 19.8 Å². The molecule has 0 saturated heterocycles. The van der Waals surface area contributed by atoms with Crippen molar-refractivity contribution in [3.63, 3.8) is 0 Å². The van der Waals surface area contributed by atoms with E-state index >= 15 is 0 Å². The van der Waals surface area contributed by atoms with Gasteiger partial charge in [0.25, 0.3) is 0 Å². The van der Waals surface area contributed by atoms with Crippen molar-refractivity contribution in [3.8, 4) is 0 Å². The molecule has 0 aliphatic carbocycles. The van der Waals surface area contributed by atoms with Gasteiger partial charge in [0.15, 0.2) is 6.10 Å². The molecule has 0 aromatic rings. The summed E-state index contributed by atoms with van der Waals surface area (Å²) in [6.45, 7) is 4.44. The summed E-state index contributed by atoms with van der Waals surface area (Å²) in [4.78, 5) is 35.5. The minimum absolute atomic E-state index is 0.0320. The number of hydrogen-bond acceptors (Lipinski definition) is 7. The fourth-order valence-corrected chi connectivity index (χ4v) is 8.10. The number of likely N-dealkylation sites (N-methyl/N-ethyl adjacent to an activating group) is 1. The first kappa shape index (κ1) is 60.5. The highest BCUT2D eigenvalue weighted by atomic mass is 31.2. The molecule has 0 heterocycles. The van der Waals surface area contributed by atoms with Crippen molar-refractivity contribution < 1.29 is 42.1 Å². The molecule has 0 rings (SSSR count). The quantitative estimate of drug-likeness (QED) is 0.0211. The second-order valence-corrected chi connectivity index (χ2v) is 20.4. The fraction of sp³-hybridized carbons (Fsp3) is 0.885. The van der Waals surface area contributed by atoms with Crippen LogP contribution in [-0.4, -0.2) is 74.9 Å². The first-order valence-electron chi connectivity index (χ1n) is 26.1. The van der Waals surface area contributed by atoms with Crippen LogP contribution in [0, 0.1) is 0 Å². The molecule has 2 atom stereocenters. The number of rotatable bonds is 48. The molecule has 0 aliphatic rings. The Labute approximate surface area is 383 Å².